The molecule has 0 bridgehead atoms. The lowest BCUT2D eigenvalue weighted by molar-refractivity contribution is 0.423. The topological polar surface area (TPSA) is 20.2 Å². The molecular weight excluding hydrogens is 232 g/mol. The predicted molar refractivity (Wildman–Crippen MR) is 84.8 cm³/mol. The van der Waals surface area contributed by atoms with Crippen LogP contribution in [0.4, 0.5) is 0 Å². The number of hydrogen-bond donors (Lipinski definition) is 1. The molecular formula is C18H28O. The van der Waals surface area contributed by atoms with Crippen LogP contribution in [0.2, 0.25) is 0 Å². The third-order valence-electron chi connectivity index (χ3n) is 3.20. The van der Waals surface area contributed by atoms with E-state index in [0.29, 0.717) is 5.75 Å². The fraction of sp³-hybridized carbons (Fsp3) is 0.556. The maximum atomic E-state index is 10.6. The van der Waals surface area contributed by atoms with Gasteiger partial charge in [0.15, 0.2) is 0 Å². The highest BCUT2D eigenvalue weighted by atomic mass is 16.3. The van der Waals surface area contributed by atoms with Gasteiger partial charge in [0, 0.05) is 11.1 Å². The molecule has 106 valence electrons. The van der Waals surface area contributed by atoms with Gasteiger partial charge in [-0.1, -0.05) is 53.2 Å². The SMILES string of the molecule is CC(C)=Cc1cc(C(C)(C)C)c(O)c(C(C)(C)C)c1. The van der Waals surface area contributed by atoms with Gasteiger partial charge in [-0.2, -0.15) is 0 Å². The minimum Gasteiger partial charge on any atom is -0.507 e. The maximum Gasteiger partial charge on any atom is 0.123 e. The largest absolute Gasteiger partial charge is 0.507 e. The maximum absolute atomic E-state index is 10.6. The summed E-state index contributed by atoms with van der Waals surface area (Å²) in [7, 11) is 0. The summed E-state index contributed by atoms with van der Waals surface area (Å²) in [6, 6.07) is 4.22. The Hall–Kier alpha value is -1.24. The minimum atomic E-state index is -0.0599. The minimum absolute atomic E-state index is 0.0599. The second-order valence-electron chi connectivity index (χ2n) is 7.69. The highest BCUT2D eigenvalue weighted by Crippen LogP contribution is 2.40. The number of aromatic hydroxyl groups is 1. The number of hydrogen-bond acceptors (Lipinski definition) is 1. The predicted octanol–water partition coefficient (Wildman–Crippen LogP) is 5.41. The van der Waals surface area contributed by atoms with Crippen molar-refractivity contribution >= 4 is 6.08 Å². The lowest BCUT2D eigenvalue weighted by Crippen LogP contribution is -2.17. The van der Waals surface area contributed by atoms with Gasteiger partial charge in [-0.05, 0) is 42.4 Å². The summed E-state index contributed by atoms with van der Waals surface area (Å²) >= 11 is 0. The standard InChI is InChI=1S/C18H28O/c1-12(2)9-13-10-14(17(3,4)5)16(19)15(11-13)18(6,7)8/h9-11,19H,1-8H3. The van der Waals surface area contributed by atoms with Crippen LogP contribution in [-0.2, 0) is 10.8 Å². The first-order valence-corrected chi connectivity index (χ1v) is 6.96. The molecule has 0 aliphatic carbocycles. The molecule has 0 spiro atoms. The summed E-state index contributed by atoms with van der Waals surface area (Å²) in [5.74, 6) is 0.450. The van der Waals surface area contributed by atoms with Gasteiger partial charge in [-0.3, -0.25) is 0 Å². The molecule has 0 saturated carbocycles. The van der Waals surface area contributed by atoms with Crippen molar-refractivity contribution in [2.24, 2.45) is 0 Å². The second-order valence-corrected chi connectivity index (χ2v) is 7.69. The van der Waals surface area contributed by atoms with Crippen LogP contribution >= 0.6 is 0 Å². The number of phenolic OH excluding ortho intramolecular Hbond substituents is 1. The van der Waals surface area contributed by atoms with Crippen LogP contribution in [0.25, 0.3) is 6.08 Å². The number of phenols is 1. The van der Waals surface area contributed by atoms with Crippen molar-refractivity contribution in [2.75, 3.05) is 0 Å². The molecule has 1 nitrogen and oxygen atoms in total. The van der Waals surface area contributed by atoms with Crippen molar-refractivity contribution in [1.29, 1.82) is 0 Å². The van der Waals surface area contributed by atoms with E-state index in [1.807, 2.05) is 0 Å². The molecule has 1 rings (SSSR count). The van der Waals surface area contributed by atoms with E-state index in [0.717, 1.165) is 11.1 Å². The molecule has 0 aliphatic heterocycles. The first kappa shape index (κ1) is 15.8. The summed E-state index contributed by atoms with van der Waals surface area (Å²) in [4.78, 5) is 0. The Balaban J connectivity index is 3.62. The van der Waals surface area contributed by atoms with E-state index in [1.165, 1.54) is 11.1 Å². The van der Waals surface area contributed by atoms with Gasteiger partial charge < -0.3 is 5.11 Å². The van der Waals surface area contributed by atoms with E-state index in [2.05, 4.69) is 73.6 Å². The molecule has 0 unspecified atom stereocenters. The summed E-state index contributed by atoms with van der Waals surface area (Å²) in [6.45, 7) is 17.0. The van der Waals surface area contributed by atoms with Gasteiger partial charge in [0.1, 0.15) is 5.75 Å². The van der Waals surface area contributed by atoms with Crippen molar-refractivity contribution in [1.82, 2.24) is 0 Å². The Morgan fingerprint density at radius 2 is 1.26 bits per heavy atom. The van der Waals surface area contributed by atoms with Gasteiger partial charge in [0.2, 0.25) is 0 Å². The quantitative estimate of drug-likeness (QED) is 0.715. The lowest BCUT2D eigenvalue weighted by atomic mass is 9.78. The first-order chi connectivity index (χ1) is 8.43. The molecule has 1 heteroatoms. The second kappa shape index (κ2) is 5.03. The monoisotopic (exact) mass is 260 g/mol. The van der Waals surface area contributed by atoms with Crippen LogP contribution in [0.3, 0.4) is 0 Å². The molecule has 0 radical (unpaired) electrons. The molecule has 19 heavy (non-hydrogen) atoms. The average molecular weight is 260 g/mol. The fourth-order valence-corrected chi connectivity index (χ4v) is 2.22. The van der Waals surface area contributed by atoms with E-state index >= 15 is 0 Å². The van der Waals surface area contributed by atoms with E-state index in [9.17, 15) is 5.11 Å². The molecule has 0 atom stereocenters. The Bertz CT molecular complexity index is 454. The third-order valence-corrected chi connectivity index (χ3v) is 3.20. The zero-order valence-corrected chi connectivity index (χ0v) is 13.7. The zero-order valence-electron chi connectivity index (χ0n) is 13.7. The molecule has 1 aromatic carbocycles. The van der Waals surface area contributed by atoms with Crippen molar-refractivity contribution in [3.63, 3.8) is 0 Å². The van der Waals surface area contributed by atoms with Gasteiger partial charge in [-0.25, -0.2) is 0 Å². The summed E-state index contributed by atoms with van der Waals surface area (Å²) in [6.07, 6.45) is 2.17. The van der Waals surface area contributed by atoms with E-state index in [4.69, 9.17) is 0 Å². The van der Waals surface area contributed by atoms with Crippen molar-refractivity contribution < 1.29 is 5.11 Å². The molecule has 0 aromatic heterocycles. The Labute approximate surface area is 118 Å². The molecule has 0 heterocycles. The molecule has 1 N–H and O–H groups in total. The highest BCUT2D eigenvalue weighted by Gasteiger charge is 2.26. The van der Waals surface area contributed by atoms with Gasteiger partial charge in [0.05, 0.1) is 0 Å². The zero-order chi connectivity index (χ0) is 15.0. The van der Waals surface area contributed by atoms with E-state index < -0.39 is 0 Å². The Morgan fingerprint density at radius 3 is 1.53 bits per heavy atom. The van der Waals surface area contributed by atoms with E-state index in [1.54, 1.807) is 0 Å². The molecule has 0 aliphatic rings. The highest BCUT2D eigenvalue weighted by molar-refractivity contribution is 5.60. The third kappa shape index (κ3) is 3.86. The molecule has 1 aromatic rings. The molecule has 0 saturated heterocycles. The molecule has 0 amide bonds. The summed E-state index contributed by atoms with van der Waals surface area (Å²) in [5, 5.41) is 10.6. The van der Waals surface area contributed by atoms with Crippen LogP contribution in [0.1, 0.15) is 72.1 Å². The van der Waals surface area contributed by atoms with Crippen LogP contribution in [0.15, 0.2) is 17.7 Å². The Kier molecular flexibility index (Phi) is 4.19. The van der Waals surface area contributed by atoms with Crippen LogP contribution in [0, 0.1) is 0 Å². The van der Waals surface area contributed by atoms with Crippen LogP contribution in [-0.4, -0.2) is 5.11 Å². The van der Waals surface area contributed by atoms with Crippen LogP contribution in [0.5, 0.6) is 5.75 Å². The summed E-state index contributed by atoms with van der Waals surface area (Å²) in [5.41, 5.74) is 4.36. The number of benzene rings is 1. The smallest absolute Gasteiger partial charge is 0.123 e. The summed E-state index contributed by atoms with van der Waals surface area (Å²) < 4.78 is 0. The normalized spacial score (nSPS) is 12.4. The van der Waals surface area contributed by atoms with E-state index in [-0.39, 0.29) is 10.8 Å². The Morgan fingerprint density at radius 1 is 0.895 bits per heavy atom. The fourth-order valence-electron chi connectivity index (χ4n) is 2.22. The lowest BCUT2D eigenvalue weighted by Gasteiger charge is -2.28. The van der Waals surface area contributed by atoms with Gasteiger partial charge >= 0.3 is 0 Å². The van der Waals surface area contributed by atoms with Crippen molar-refractivity contribution in [3.05, 3.63) is 34.4 Å². The number of allylic oxidation sites excluding steroid dienone is 1. The molecule has 0 fully saturated rings. The first-order valence-electron chi connectivity index (χ1n) is 6.96. The van der Waals surface area contributed by atoms with Crippen molar-refractivity contribution in [2.45, 2.75) is 66.2 Å². The average Bonchev–Trinajstić information content (AvgIpc) is 2.16. The van der Waals surface area contributed by atoms with Gasteiger partial charge in [0.25, 0.3) is 0 Å². The van der Waals surface area contributed by atoms with Gasteiger partial charge in [-0.15, -0.1) is 0 Å². The number of rotatable bonds is 1. The van der Waals surface area contributed by atoms with Crippen molar-refractivity contribution in [3.8, 4) is 5.75 Å². The van der Waals surface area contributed by atoms with Crippen LogP contribution < -0.4 is 0 Å².